The van der Waals surface area contributed by atoms with Crippen LogP contribution in [-0.4, -0.2) is 28.0 Å². The van der Waals surface area contributed by atoms with Crippen LogP contribution in [-0.2, 0) is 13.0 Å². The molecule has 6 nitrogen and oxygen atoms in total. The number of aromatic nitrogens is 3. The van der Waals surface area contributed by atoms with E-state index in [9.17, 15) is 0 Å². The van der Waals surface area contributed by atoms with Gasteiger partial charge in [-0.25, -0.2) is 15.0 Å². The van der Waals surface area contributed by atoms with E-state index in [0.717, 1.165) is 47.2 Å². The van der Waals surface area contributed by atoms with E-state index in [1.807, 2.05) is 24.5 Å². The Labute approximate surface area is 168 Å². The van der Waals surface area contributed by atoms with Crippen molar-refractivity contribution in [1.82, 2.24) is 20.3 Å². The smallest absolute Gasteiger partial charge is 0.227 e. The first-order valence-electron chi connectivity index (χ1n) is 9.30. The van der Waals surface area contributed by atoms with Crippen LogP contribution in [0.5, 0.6) is 0 Å². The molecule has 0 aliphatic carbocycles. The van der Waals surface area contributed by atoms with Gasteiger partial charge in [0.05, 0.1) is 10.6 Å². The maximum Gasteiger partial charge on any atom is 0.227 e. The first-order chi connectivity index (χ1) is 13.8. The molecule has 28 heavy (non-hydrogen) atoms. The average Bonchev–Trinajstić information content (AvgIpc) is 2.74. The van der Waals surface area contributed by atoms with Gasteiger partial charge in [-0.3, -0.25) is 4.31 Å². The third-order valence-electron chi connectivity index (χ3n) is 4.89. The predicted octanol–water partition coefficient (Wildman–Crippen LogP) is 3.94. The minimum absolute atomic E-state index is 0.593. The van der Waals surface area contributed by atoms with Crippen molar-refractivity contribution >= 4 is 29.4 Å². The van der Waals surface area contributed by atoms with E-state index < -0.39 is 0 Å². The molecule has 0 radical (unpaired) electrons. The highest BCUT2D eigenvalue weighted by Crippen LogP contribution is 2.44. The monoisotopic (exact) mass is 388 g/mol. The number of hydrogen-bond donors (Lipinski definition) is 2. The number of fused-ring (bicyclic) bond motifs is 4. The summed E-state index contributed by atoms with van der Waals surface area (Å²) in [5.74, 6) is 1.50. The Bertz CT molecular complexity index is 1050. The average molecular weight is 389 g/mol. The molecular formula is C21H20N6S. The summed E-state index contributed by atoms with van der Waals surface area (Å²) in [4.78, 5) is 14.9. The molecule has 0 amide bonds. The van der Waals surface area contributed by atoms with Crippen LogP contribution in [0.4, 0.5) is 17.5 Å². The zero-order valence-corrected chi connectivity index (χ0v) is 16.2. The fourth-order valence-electron chi connectivity index (χ4n) is 3.56. The van der Waals surface area contributed by atoms with Crippen molar-refractivity contribution in [1.29, 1.82) is 0 Å². The fraction of sp³-hybridized carbons (Fsp3) is 0.190. The lowest BCUT2D eigenvalue weighted by Gasteiger charge is -2.28. The first-order valence-corrected chi connectivity index (χ1v) is 10.1. The lowest BCUT2D eigenvalue weighted by Crippen LogP contribution is -2.23. The van der Waals surface area contributed by atoms with Gasteiger partial charge in [0.1, 0.15) is 5.82 Å². The van der Waals surface area contributed by atoms with Gasteiger partial charge in [-0.1, -0.05) is 12.1 Å². The van der Waals surface area contributed by atoms with Crippen LogP contribution in [0.1, 0.15) is 11.1 Å². The van der Waals surface area contributed by atoms with Crippen LogP contribution >= 0.6 is 11.9 Å². The molecule has 0 atom stereocenters. The Hall–Kier alpha value is -2.90. The summed E-state index contributed by atoms with van der Waals surface area (Å²) in [7, 11) is 0. The molecule has 0 fully saturated rings. The van der Waals surface area contributed by atoms with Crippen LogP contribution in [0, 0.1) is 0 Å². The highest BCUT2D eigenvalue weighted by molar-refractivity contribution is 8.00. The second-order valence-electron chi connectivity index (χ2n) is 6.76. The number of nitrogens with zero attached hydrogens (tertiary/aromatic N) is 4. The Kier molecular flexibility index (Phi) is 4.46. The van der Waals surface area contributed by atoms with Crippen molar-refractivity contribution in [2.45, 2.75) is 17.9 Å². The molecule has 2 N–H and O–H groups in total. The highest BCUT2D eigenvalue weighted by Gasteiger charge is 2.25. The van der Waals surface area contributed by atoms with Gasteiger partial charge in [0.2, 0.25) is 5.95 Å². The molecule has 0 unspecified atom stereocenters. The molecule has 0 bridgehead atoms. The van der Waals surface area contributed by atoms with Gasteiger partial charge in [-0.05, 0) is 60.3 Å². The Morgan fingerprint density at radius 2 is 2.21 bits per heavy atom. The molecule has 2 aliphatic heterocycles. The third kappa shape index (κ3) is 3.12. The third-order valence-corrected chi connectivity index (χ3v) is 5.92. The lowest BCUT2D eigenvalue weighted by atomic mass is 10.0. The van der Waals surface area contributed by atoms with Gasteiger partial charge >= 0.3 is 0 Å². The minimum atomic E-state index is 0.593. The van der Waals surface area contributed by atoms with Crippen molar-refractivity contribution < 1.29 is 0 Å². The molecule has 7 heteroatoms. The van der Waals surface area contributed by atoms with Crippen molar-refractivity contribution in [2.24, 2.45) is 0 Å². The number of nitrogens with one attached hydrogen (secondary N) is 2. The van der Waals surface area contributed by atoms with Gasteiger partial charge in [-0.15, -0.1) is 6.58 Å². The maximum atomic E-state index is 4.81. The van der Waals surface area contributed by atoms with Gasteiger partial charge in [0.25, 0.3) is 0 Å². The topological polar surface area (TPSA) is 66.0 Å². The molecule has 3 aromatic rings. The number of benzene rings is 1. The summed E-state index contributed by atoms with van der Waals surface area (Å²) in [5.41, 5.74) is 5.67. The van der Waals surface area contributed by atoms with E-state index in [1.165, 1.54) is 11.1 Å². The van der Waals surface area contributed by atoms with E-state index in [4.69, 9.17) is 4.98 Å². The molecule has 0 saturated heterocycles. The van der Waals surface area contributed by atoms with Gasteiger partial charge in [-0.2, -0.15) is 0 Å². The quantitative estimate of drug-likeness (QED) is 0.518. The van der Waals surface area contributed by atoms with Gasteiger partial charge in [0.15, 0.2) is 0 Å². The maximum absolute atomic E-state index is 4.81. The molecule has 140 valence electrons. The number of pyridine rings is 1. The summed E-state index contributed by atoms with van der Waals surface area (Å²) < 4.78 is 2.11. The molecule has 1 aromatic carbocycles. The normalized spacial score (nSPS) is 14.6. The summed E-state index contributed by atoms with van der Waals surface area (Å²) in [6.07, 6.45) is 6.63. The van der Waals surface area contributed by atoms with E-state index in [2.05, 4.69) is 55.8 Å². The van der Waals surface area contributed by atoms with E-state index >= 15 is 0 Å². The van der Waals surface area contributed by atoms with E-state index in [-0.39, 0.29) is 0 Å². The first kappa shape index (κ1) is 17.2. The molecule has 2 aromatic heterocycles. The summed E-state index contributed by atoms with van der Waals surface area (Å²) in [6.45, 7) is 6.50. The molecular weight excluding hydrogens is 368 g/mol. The number of anilines is 3. The molecule has 4 heterocycles. The summed E-state index contributed by atoms with van der Waals surface area (Å²) in [5, 5.41) is 6.78. The van der Waals surface area contributed by atoms with Crippen LogP contribution < -0.4 is 14.9 Å². The Morgan fingerprint density at radius 3 is 3.14 bits per heavy atom. The van der Waals surface area contributed by atoms with Gasteiger partial charge in [0, 0.05) is 36.7 Å². The van der Waals surface area contributed by atoms with E-state index in [1.54, 1.807) is 11.9 Å². The second-order valence-corrected chi connectivity index (χ2v) is 7.82. The second kappa shape index (κ2) is 7.26. The molecule has 0 spiro atoms. The number of hydrogen-bond acceptors (Lipinski definition) is 7. The SMILES string of the molecule is C=CCN1Sc2cnc(Nc3ccc4c(c3)CNCC4)nc2-c2cccnc21. The molecule has 2 aliphatic rings. The lowest BCUT2D eigenvalue weighted by molar-refractivity contribution is 0.644. The molecule has 5 rings (SSSR count). The standard InChI is InChI=1S/C21H20N6S/c1-2-10-27-20-17(4-3-8-23-20)19-18(28-27)13-24-21(26-19)25-16-6-5-14-7-9-22-12-15(14)11-16/h2-6,8,11,13,22H,1,7,9-10,12H2,(H,24,25,26). The van der Waals surface area contributed by atoms with Crippen molar-refractivity contribution in [2.75, 3.05) is 22.7 Å². The van der Waals surface area contributed by atoms with Crippen LogP contribution in [0.25, 0.3) is 11.3 Å². The zero-order chi connectivity index (χ0) is 18.9. The van der Waals surface area contributed by atoms with Crippen LogP contribution in [0.3, 0.4) is 0 Å². The zero-order valence-electron chi connectivity index (χ0n) is 15.4. The fourth-order valence-corrected chi connectivity index (χ4v) is 4.55. The van der Waals surface area contributed by atoms with E-state index in [0.29, 0.717) is 12.5 Å². The summed E-state index contributed by atoms with van der Waals surface area (Å²) in [6, 6.07) is 10.5. The van der Waals surface area contributed by atoms with Gasteiger partial charge < -0.3 is 10.6 Å². The highest BCUT2D eigenvalue weighted by atomic mass is 32.2. The van der Waals surface area contributed by atoms with Crippen LogP contribution in [0.15, 0.2) is 60.3 Å². The minimum Gasteiger partial charge on any atom is -0.324 e. The predicted molar refractivity (Wildman–Crippen MR) is 114 cm³/mol. The molecule has 0 saturated carbocycles. The van der Waals surface area contributed by atoms with Crippen LogP contribution in [0.2, 0.25) is 0 Å². The number of rotatable bonds is 4. The summed E-state index contributed by atoms with van der Waals surface area (Å²) >= 11 is 1.60. The van der Waals surface area contributed by atoms with Crippen molar-refractivity contribution in [3.8, 4) is 11.3 Å². The van der Waals surface area contributed by atoms with Crippen molar-refractivity contribution in [3.05, 3.63) is 66.5 Å². The van der Waals surface area contributed by atoms with Crippen molar-refractivity contribution in [3.63, 3.8) is 0 Å². The Morgan fingerprint density at radius 1 is 1.25 bits per heavy atom. The largest absolute Gasteiger partial charge is 0.324 e. The Balaban J connectivity index is 1.48.